The van der Waals surface area contributed by atoms with E-state index in [0.717, 1.165) is 9.36 Å². The molecule has 11 heavy (non-hydrogen) atoms. The minimum Gasteiger partial charge on any atom is -0.349 e. The smallest absolute Gasteiger partial charge is 0.142 e. The first kappa shape index (κ1) is 9.00. The van der Waals surface area contributed by atoms with Crippen LogP contribution in [-0.4, -0.2) is 33.9 Å². The second-order valence-electron chi connectivity index (χ2n) is 3.01. The molecular formula is C7H12N2S2. The third-order valence-corrected chi connectivity index (χ3v) is 3.87. The Bertz CT molecular complexity index is 220. The van der Waals surface area contributed by atoms with Crippen molar-refractivity contribution in [2.75, 3.05) is 14.1 Å². The molecule has 0 radical (unpaired) electrons. The van der Waals surface area contributed by atoms with E-state index in [-0.39, 0.29) is 5.54 Å². The molecule has 1 fully saturated rings. The average Bonchev–Trinajstić information content (AvgIpc) is 2.13. The van der Waals surface area contributed by atoms with Gasteiger partial charge in [-0.25, -0.2) is 0 Å². The highest BCUT2D eigenvalue weighted by molar-refractivity contribution is 8.33. The van der Waals surface area contributed by atoms with Crippen molar-refractivity contribution >= 4 is 33.3 Å². The second-order valence-corrected chi connectivity index (χ2v) is 4.64. The van der Waals surface area contributed by atoms with Crippen LogP contribution in [0.5, 0.6) is 0 Å². The Morgan fingerprint density at radius 3 is 2.27 bits per heavy atom. The van der Waals surface area contributed by atoms with E-state index in [1.54, 1.807) is 11.8 Å². The lowest BCUT2D eigenvalue weighted by Gasteiger charge is -2.27. The van der Waals surface area contributed by atoms with Gasteiger partial charge in [0, 0.05) is 14.1 Å². The lowest BCUT2D eigenvalue weighted by molar-refractivity contribution is 0.368. The highest BCUT2D eigenvalue weighted by Gasteiger charge is 2.39. The van der Waals surface area contributed by atoms with Crippen LogP contribution in [0.15, 0.2) is 4.99 Å². The molecule has 1 aliphatic heterocycles. The zero-order valence-corrected chi connectivity index (χ0v) is 8.84. The van der Waals surface area contributed by atoms with E-state index in [2.05, 4.69) is 23.7 Å². The van der Waals surface area contributed by atoms with Gasteiger partial charge in [-0.1, -0.05) is 12.2 Å². The molecule has 0 N–H and O–H groups in total. The molecular weight excluding hydrogens is 176 g/mol. The van der Waals surface area contributed by atoms with E-state index in [0.29, 0.717) is 0 Å². The van der Waals surface area contributed by atoms with Gasteiger partial charge in [-0.05, 0) is 25.6 Å². The van der Waals surface area contributed by atoms with Crippen LogP contribution in [0.2, 0.25) is 0 Å². The first-order chi connectivity index (χ1) is 5.00. The fourth-order valence-electron chi connectivity index (χ4n) is 0.967. The minimum absolute atomic E-state index is 0.00347. The molecule has 0 aromatic rings. The van der Waals surface area contributed by atoms with Gasteiger partial charge in [0.05, 0.1) is 10.6 Å². The summed E-state index contributed by atoms with van der Waals surface area (Å²) in [5.74, 6) is 0. The topological polar surface area (TPSA) is 15.6 Å². The SMILES string of the molecule is CN=C1SC(=S)N(C)C1(C)C. The van der Waals surface area contributed by atoms with Crippen molar-refractivity contribution in [3.63, 3.8) is 0 Å². The fourth-order valence-corrected chi connectivity index (χ4v) is 2.44. The van der Waals surface area contributed by atoms with Crippen LogP contribution in [0.3, 0.4) is 0 Å². The van der Waals surface area contributed by atoms with Gasteiger partial charge in [0.15, 0.2) is 0 Å². The van der Waals surface area contributed by atoms with Crippen LogP contribution in [0, 0.1) is 0 Å². The van der Waals surface area contributed by atoms with Crippen molar-refractivity contribution in [2.45, 2.75) is 19.4 Å². The van der Waals surface area contributed by atoms with Gasteiger partial charge in [0.1, 0.15) is 4.32 Å². The molecule has 0 amide bonds. The number of aliphatic imine (C=N–C) groups is 1. The van der Waals surface area contributed by atoms with E-state index in [4.69, 9.17) is 12.2 Å². The third kappa shape index (κ3) is 1.29. The summed E-state index contributed by atoms with van der Waals surface area (Å²) in [6.45, 7) is 4.25. The van der Waals surface area contributed by atoms with E-state index >= 15 is 0 Å². The summed E-state index contributed by atoms with van der Waals surface area (Å²) in [5, 5.41) is 1.10. The molecule has 0 aromatic carbocycles. The second kappa shape index (κ2) is 2.75. The van der Waals surface area contributed by atoms with Gasteiger partial charge in [-0.15, -0.1) is 0 Å². The van der Waals surface area contributed by atoms with Crippen molar-refractivity contribution in [3.8, 4) is 0 Å². The number of thiocarbonyl (C=S) groups is 1. The standard InChI is InChI=1S/C7H12N2S2/c1-7(2)5(8-3)11-6(10)9(7)4/h1-4H3. The summed E-state index contributed by atoms with van der Waals surface area (Å²) in [6.07, 6.45) is 0. The lowest BCUT2D eigenvalue weighted by Crippen LogP contribution is -2.41. The summed E-state index contributed by atoms with van der Waals surface area (Å²) in [6, 6.07) is 0. The van der Waals surface area contributed by atoms with Crippen LogP contribution in [0.4, 0.5) is 0 Å². The first-order valence-electron chi connectivity index (χ1n) is 3.43. The average molecular weight is 188 g/mol. The van der Waals surface area contributed by atoms with Crippen molar-refractivity contribution in [3.05, 3.63) is 0 Å². The first-order valence-corrected chi connectivity index (χ1v) is 4.65. The third-order valence-electron chi connectivity index (χ3n) is 2.02. The Kier molecular flexibility index (Phi) is 2.25. The summed E-state index contributed by atoms with van der Waals surface area (Å²) < 4.78 is 0.913. The van der Waals surface area contributed by atoms with Crippen LogP contribution in [0.25, 0.3) is 0 Å². The van der Waals surface area contributed by atoms with Crippen molar-refractivity contribution in [1.29, 1.82) is 0 Å². The molecule has 0 unspecified atom stereocenters. The monoisotopic (exact) mass is 188 g/mol. The summed E-state index contributed by atoms with van der Waals surface area (Å²) >= 11 is 6.73. The minimum atomic E-state index is -0.00347. The Hall–Kier alpha value is -0.0900. The van der Waals surface area contributed by atoms with Gasteiger partial charge in [0.2, 0.25) is 0 Å². The van der Waals surface area contributed by atoms with E-state index in [9.17, 15) is 0 Å². The largest absolute Gasteiger partial charge is 0.349 e. The predicted molar refractivity (Wildman–Crippen MR) is 55.4 cm³/mol. The molecule has 4 heteroatoms. The normalized spacial score (nSPS) is 26.7. The highest BCUT2D eigenvalue weighted by Crippen LogP contribution is 2.33. The number of hydrogen-bond donors (Lipinski definition) is 0. The summed E-state index contributed by atoms with van der Waals surface area (Å²) in [4.78, 5) is 6.27. The number of hydrogen-bond acceptors (Lipinski definition) is 3. The molecule has 62 valence electrons. The summed E-state index contributed by atoms with van der Waals surface area (Å²) in [7, 11) is 3.82. The molecule has 0 aliphatic carbocycles. The highest BCUT2D eigenvalue weighted by atomic mass is 32.2. The molecule has 1 saturated heterocycles. The molecule has 0 aromatic heterocycles. The Morgan fingerprint density at radius 1 is 1.55 bits per heavy atom. The van der Waals surface area contributed by atoms with Gasteiger partial charge >= 0.3 is 0 Å². The van der Waals surface area contributed by atoms with Crippen molar-refractivity contribution in [1.82, 2.24) is 4.90 Å². The van der Waals surface area contributed by atoms with Crippen molar-refractivity contribution in [2.24, 2.45) is 4.99 Å². The van der Waals surface area contributed by atoms with Gasteiger partial charge in [0.25, 0.3) is 0 Å². The zero-order chi connectivity index (χ0) is 8.65. The van der Waals surface area contributed by atoms with Gasteiger partial charge < -0.3 is 4.90 Å². The van der Waals surface area contributed by atoms with Crippen LogP contribution in [0.1, 0.15) is 13.8 Å². The quantitative estimate of drug-likeness (QED) is 0.539. The summed E-state index contributed by atoms with van der Waals surface area (Å²) in [5.41, 5.74) is -0.00347. The Morgan fingerprint density at radius 2 is 2.09 bits per heavy atom. The fraction of sp³-hybridized carbons (Fsp3) is 0.714. The lowest BCUT2D eigenvalue weighted by atomic mass is 10.1. The Labute approximate surface area is 77.1 Å². The maximum atomic E-state index is 5.14. The molecule has 1 rings (SSSR count). The van der Waals surface area contributed by atoms with Crippen LogP contribution < -0.4 is 0 Å². The molecule has 0 saturated carbocycles. The van der Waals surface area contributed by atoms with E-state index in [1.807, 2.05) is 14.1 Å². The van der Waals surface area contributed by atoms with Crippen LogP contribution in [-0.2, 0) is 0 Å². The van der Waals surface area contributed by atoms with Gasteiger partial charge in [-0.3, -0.25) is 4.99 Å². The predicted octanol–water partition coefficient (Wildman–Crippen LogP) is 1.76. The van der Waals surface area contributed by atoms with Gasteiger partial charge in [-0.2, -0.15) is 0 Å². The molecule has 1 heterocycles. The number of rotatable bonds is 0. The molecule has 0 spiro atoms. The maximum Gasteiger partial charge on any atom is 0.142 e. The number of nitrogens with zero attached hydrogens (tertiary/aromatic N) is 2. The molecule has 0 bridgehead atoms. The Balaban J connectivity index is 3.01. The molecule has 0 atom stereocenters. The number of thioether (sulfide) groups is 1. The zero-order valence-electron chi connectivity index (χ0n) is 7.21. The molecule has 1 aliphatic rings. The van der Waals surface area contributed by atoms with Crippen molar-refractivity contribution < 1.29 is 0 Å². The molecule has 2 nitrogen and oxygen atoms in total. The van der Waals surface area contributed by atoms with E-state index < -0.39 is 0 Å². The van der Waals surface area contributed by atoms with Crippen LogP contribution >= 0.6 is 24.0 Å². The maximum absolute atomic E-state index is 5.14. The van der Waals surface area contributed by atoms with E-state index in [1.165, 1.54) is 0 Å².